The van der Waals surface area contributed by atoms with Gasteiger partial charge in [-0.2, -0.15) is 0 Å². The summed E-state index contributed by atoms with van der Waals surface area (Å²) in [7, 11) is 2.14. The Bertz CT molecular complexity index is 163. The predicted molar refractivity (Wildman–Crippen MR) is 52.0 cm³/mol. The highest BCUT2D eigenvalue weighted by molar-refractivity contribution is 6.05. The predicted octanol–water partition coefficient (Wildman–Crippen LogP) is 1.48. The van der Waals surface area contributed by atoms with E-state index < -0.39 is 0 Å². The molecule has 0 amide bonds. The molecule has 1 heterocycles. The molecule has 1 atom stereocenters. The van der Waals surface area contributed by atoms with Crippen molar-refractivity contribution in [3.63, 3.8) is 0 Å². The van der Waals surface area contributed by atoms with Crippen LogP contribution in [0.4, 0.5) is 0 Å². The van der Waals surface area contributed by atoms with Crippen LogP contribution in [0.15, 0.2) is 24.4 Å². The van der Waals surface area contributed by atoms with E-state index in [1.807, 2.05) is 0 Å². The van der Waals surface area contributed by atoms with E-state index in [0.29, 0.717) is 6.04 Å². The number of nitrogens with zero attached hydrogens (tertiary/aromatic N) is 1. The Hall–Kier alpha value is -0.655. The van der Waals surface area contributed by atoms with Gasteiger partial charge in [-0.1, -0.05) is 31.9 Å². The first-order valence-electron chi connectivity index (χ1n) is 4.41. The standard InChI is InChI=1S/C9H16BN/c1-2-3-6-9-7-4-5-8-11(9)10/h4-5,7-9H,2-3,6,10H2,1H3/t9-/m1/s1. The van der Waals surface area contributed by atoms with E-state index in [-0.39, 0.29) is 0 Å². The Morgan fingerprint density at radius 2 is 2.27 bits per heavy atom. The molecule has 0 fully saturated rings. The van der Waals surface area contributed by atoms with E-state index in [4.69, 9.17) is 0 Å². The molecule has 0 aromatic rings. The smallest absolute Gasteiger partial charge is 0.217 e. The van der Waals surface area contributed by atoms with E-state index in [9.17, 15) is 0 Å². The fourth-order valence-electron chi connectivity index (χ4n) is 1.34. The third-order valence-corrected chi connectivity index (χ3v) is 2.14. The van der Waals surface area contributed by atoms with Crippen molar-refractivity contribution in [3.8, 4) is 0 Å². The number of allylic oxidation sites excluding steroid dienone is 2. The fraction of sp³-hybridized carbons (Fsp3) is 0.556. The first-order chi connectivity index (χ1) is 5.34. The molecule has 0 aliphatic carbocycles. The van der Waals surface area contributed by atoms with Gasteiger partial charge in [0.2, 0.25) is 7.98 Å². The van der Waals surface area contributed by atoms with Crippen LogP contribution in [0.25, 0.3) is 0 Å². The lowest BCUT2D eigenvalue weighted by Gasteiger charge is -2.26. The Morgan fingerprint density at radius 3 is 2.91 bits per heavy atom. The molecule has 0 aromatic carbocycles. The van der Waals surface area contributed by atoms with Crippen LogP contribution in [0.3, 0.4) is 0 Å². The molecule has 1 nitrogen and oxygen atoms in total. The van der Waals surface area contributed by atoms with Crippen LogP contribution in [0.5, 0.6) is 0 Å². The molecular weight excluding hydrogens is 133 g/mol. The van der Waals surface area contributed by atoms with Gasteiger partial charge in [0.25, 0.3) is 0 Å². The number of hydrogen-bond acceptors (Lipinski definition) is 1. The molecule has 1 rings (SSSR count). The SMILES string of the molecule is BN1C=CC=C[C@H]1CCCC. The summed E-state index contributed by atoms with van der Waals surface area (Å²) in [4.78, 5) is 2.27. The first-order valence-corrected chi connectivity index (χ1v) is 4.41. The van der Waals surface area contributed by atoms with Gasteiger partial charge in [0.05, 0.1) is 0 Å². The molecule has 1 aliphatic rings. The maximum Gasteiger partial charge on any atom is 0.217 e. The summed E-state index contributed by atoms with van der Waals surface area (Å²) >= 11 is 0. The fourth-order valence-corrected chi connectivity index (χ4v) is 1.34. The molecule has 11 heavy (non-hydrogen) atoms. The zero-order chi connectivity index (χ0) is 8.10. The molecule has 0 saturated heterocycles. The highest BCUT2D eigenvalue weighted by atomic mass is 15.0. The van der Waals surface area contributed by atoms with Crippen molar-refractivity contribution in [2.45, 2.75) is 32.2 Å². The lowest BCUT2D eigenvalue weighted by Crippen LogP contribution is -2.27. The van der Waals surface area contributed by atoms with Crippen molar-refractivity contribution < 1.29 is 0 Å². The maximum atomic E-state index is 2.27. The average molecular weight is 149 g/mol. The summed E-state index contributed by atoms with van der Waals surface area (Å²) in [6.45, 7) is 2.24. The highest BCUT2D eigenvalue weighted by Crippen LogP contribution is 2.11. The van der Waals surface area contributed by atoms with E-state index in [0.717, 1.165) is 0 Å². The summed E-state index contributed by atoms with van der Waals surface area (Å²) in [5.41, 5.74) is 0. The third-order valence-electron chi connectivity index (χ3n) is 2.14. The van der Waals surface area contributed by atoms with Crippen molar-refractivity contribution in [1.29, 1.82) is 0 Å². The van der Waals surface area contributed by atoms with Gasteiger partial charge < -0.3 is 4.81 Å². The van der Waals surface area contributed by atoms with Crippen molar-refractivity contribution >= 4 is 7.98 Å². The lowest BCUT2D eigenvalue weighted by atomic mass is 10.0. The molecule has 0 saturated carbocycles. The maximum absolute atomic E-state index is 2.27. The van der Waals surface area contributed by atoms with E-state index in [2.05, 4.69) is 44.1 Å². The van der Waals surface area contributed by atoms with Crippen LogP contribution in [0.2, 0.25) is 0 Å². The zero-order valence-electron chi connectivity index (χ0n) is 7.46. The quantitative estimate of drug-likeness (QED) is 0.549. The molecule has 1 aliphatic heterocycles. The normalized spacial score (nSPS) is 22.6. The monoisotopic (exact) mass is 149 g/mol. The van der Waals surface area contributed by atoms with E-state index in [1.54, 1.807) is 0 Å². The molecule has 0 radical (unpaired) electrons. The summed E-state index contributed by atoms with van der Waals surface area (Å²) in [6.07, 6.45) is 12.5. The Morgan fingerprint density at radius 1 is 1.45 bits per heavy atom. The molecule has 0 N–H and O–H groups in total. The largest absolute Gasteiger partial charge is 0.422 e. The number of hydrogen-bond donors (Lipinski definition) is 0. The second kappa shape index (κ2) is 4.27. The minimum Gasteiger partial charge on any atom is -0.422 e. The van der Waals surface area contributed by atoms with E-state index >= 15 is 0 Å². The molecule has 0 unspecified atom stereocenters. The van der Waals surface area contributed by atoms with Gasteiger partial charge in [0, 0.05) is 6.04 Å². The van der Waals surface area contributed by atoms with Gasteiger partial charge in [-0.3, -0.25) is 0 Å². The van der Waals surface area contributed by atoms with Crippen LogP contribution < -0.4 is 0 Å². The molecule has 0 aromatic heterocycles. The molecule has 0 bridgehead atoms. The average Bonchev–Trinajstić information content (AvgIpc) is 2.03. The second-order valence-electron chi connectivity index (χ2n) is 3.10. The molecule has 0 spiro atoms. The Balaban J connectivity index is 2.33. The van der Waals surface area contributed by atoms with Crippen LogP contribution in [-0.2, 0) is 0 Å². The third kappa shape index (κ3) is 2.45. The van der Waals surface area contributed by atoms with Crippen molar-refractivity contribution in [1.82, 2.24) is 4.81 Å². The van der Waals surface area contributed by atoms with Gasteiger partial charge in [-0.15, -0.1) is 0 Å². The number of rotatable bonds is 3. The summed E-state index contributed by atoms with van der Waals surface area (Å²) in [5.74, 6) is 0. The summed E-state index contributed by atoms with van der Waals surface area (Å²) < 4.78 is 0. The van der Waals surface area contributed by atoms with Gasteiger partial charge >= 0.3 is 0 Å². The van der Waals surface area contributed by atoms with Crippen molar-refractivity contribution in [3.05, 3.63) is 24.4 Å². The van der Waals surface area contributed by atoms with Gasteiger partial charge in [0.1, 0.15) is 0 Å². The van der Waals surface area contributed by atoms with Crippen molar-refractivity contribution in [2.75, 3.05) is 0 Å². The second-order valence-corrected chi connectivity index (χ2v) is 3.10. The van der Waals surface area contributed by atoms with Gasteiger partial charge in [-0.25, -0.2) is 0 Å². The Labute approximate surface area is 70.2 Å². The van der Waals surface area contributed by atoms with Gasteiger partial charge in [-0.05, 0) is 18.7 Å². The minimum absolute atomic E-state index is 0.639. The van der Waals surface area contributed by atoms with Crippen LogP contribution in [0, 0.1) is 0 Å². The first kappa shape index (κ1) is 8.44. The lowest BCUT2D eigenvalue weighted by molar-refractivity contribution is 0.451. The number of unbranched alkanes of at least 4 members (excludes halogenated alkanes) is 1. The topological polar surface area (TPSA) is 3.24 Å². The minimum atomic E-state index is 0.639. The molecule has 60 valence electrons. The van der Waals surface area contributed by atoms with E-state index in [1.165, 1.54) is 19.3 Å². The highest BCUT2D eigenvalue weighted by Gasteiger charge is 2.07. The summed E-state index contributed by atoms with van der Waals surface area (Å²) in [6, 6.07) is 0.639. The summed E-state index contributed by atoms with van der Waals surface area (Å²) in [5, 5.41) is 0. The van der Waals surface area contributed by atoms with Crippen LogP contribution in [0.1, 0.15) is 26.2 Å². The van der Waals surface area contributed by atoms with Crippen molar-refractivity contribution in [2.24, 2.45) is 0 Å². The molecular formula is C9H16BN. The van der Waals surface area contributed by atoms with Gasteiger partial charge in [0.15, 0.2) is 0 Å². The van der Waals surface area contributed by atoms with Crippen LogP contribution >= 0.6 is 0 Å². The zero-order valence-corrected chi connectivity index (χ0v) is 7.46. The van der Waals surface area contributed by atoms with Crippen LogP contribution in [-0.4, -0.2) is 18.8 Å². The Kier molecular flexibility index (Phi) is 3.28. The molecule has 2 heteroatoms.